The number of benzene rings is 2. The van der Waals surface area contributed by atoms with Crippen LogP contribution >= 0.6 is 0 Å². The molecule has 0 spiro atoms. The van der Waals surface area contributed by atoms with Gasteiger partial charge in [-0.3, -0.25) is 14.3 Å². The number of carbonyl (C=O) groups excluding carboxylic acids is 1. The molecule has 0 saturated carbocycles. The van der Waals surface area contributed by atoms with Crippen LogP contribution in [0.2, 0.25) is 0 Å². The van der Waals surface area contributed by atoms with Gasteiger partial charge in [0.1, 0.15) is 5.82 Å². The van der Waals surface area contributed by atoms with E-state index in [9.17, 15) is 14.0 Å². The lowest BCUT2D eigenvalue weighted by Gasteiger charge is -2.10. The highest BCUT2D eigenvalue weighted by molar-refractivity contribution is 5.90. The van der Waals surface area contributed by atoms with Gasteiger partial charge in [-0.05, 0) is 36.8 Å². The third-order valence-electron chi connectivity index (χ3n) is 3.77. The average Bonchev–Trinajstić information content (AvgIpc) is 2.58. The smallest absolute Gasteiger partial charge is 0.226 e. The van der Waals surface area contributed by atoms with Gasteiger partial charge in [-0.2, -0.15) is 5.10 Å². The summed E-state index contributed by atoms with van der Waals surface area (Å²) in [5, 5.41) is 7.30. The van der Waals surface area contributed by atoms with Crippen LogP contribution in [0.15, 0.2) is 53.5 Å². The number of nitrogens with zero attached hydrogens (tertiary/aromatic N) is 2. The molecule has 0 aliphatic rings. The van der Waals surface area contributed by atoms with Crippen LogP contribution in [0.3, 0.4) is 0 Å². The number of nitrogens with one attached hydrogen (secondary N) is 1. The first-order valence-electron chi connectivity index (χ1n) is 7.55. The molecule has 0 unspecified atom stereocenters. The van der Waals surface area contributed by atoms with Crippen LogP contribution in [0.5, 0.6) is 0 Å². The molecule has 0 fully saturated rings. The Morgan fingerprint density at radius 3 is 2.83 bits per heavy atom. The zero-order valence-electron chi connectivity index (χ0n) is 13.1. The van der Waals surface area contributed by atoms with Crippen molar-refractivity contribution in [2.75, 3.05) is 5.32 Å². The van der Waals surface area contributed by atoms with E-state index in [2.05, 4.69) is 10.4 Å². The van der Waals surface area contributed by atoms with Gasteiger partial charge in [0.25, 0.3) is 0 Å². The molecule has 0 atom stereocenters. The summed E-state index contributed by atoms with van der Waals surface area (Å²) in [6.45, 7) is 1.98. The Labute approximate surface area is 137 Å². The van der Waals surface area contributed by atoms with Crippen LogP contribution in [0.25, 0.3) is 10.9 Å². The maximum Gasteiger partial charge on any atom is 0.226 e. The van der Waals surface area contributed by atoms with E-state index in [1.54, 1.807) is 41.9 Å². The quantitative estimate of drug-likeness (QED) is 0.802. The normalized spacial score (nSPS) is 10.8. The summed E-state index contributed by atoms with van der Waals surface area (Å²) in [6.07, 6.45) is 1.41. The summed E-state index contributed by atoms with van der Waals surface area (Å²) in [5.74, 6) is -0.608. The summed E-state index contributed by atoms with van der Waals surface area (Å²) in [6, 6.07) is 11.7. The highest BCUT2D eigenvalue weighted by Crippen LogP contribution is 2.14. The minimum atomic E-state index is -0.360. The fourth-order valence-corrected chi connectivity index (χ4v) is 2.44. The highest BCUT2D eigenvalue weighted by atomic mass is 19.1. The van der Waals surface area contributed by atoms with Crippen molar-refractivity contribution < 1.29 is 9.18 Å². The van der Waals surface area contributed by atoms with Crippen molar-refractivity contribution in [2.24, 2.45) is 0 Å². The molecular weight excluding hydrogens is 309 g/mol. The van der Waals surface area contributed by atoms with Crippen molar-refractivity contribution in [2.45, 2.75) is 19.9 Å². The number of hydrogen-bond donors (Lipinski definition) is 1. The fourth-order valence-electron chi connectivity index (χ4n) is 2.44. The summed E-state index contributed by atoms with van der Waals surface area (Å²) in [7, 11) is 0. The molecule has 0 bridgehead atoms. The van der Waals surface area contributed by atoms with Gasteiger partial charge in [0.15, 0.2) is 0 Å². The molecule has 5 nitrogen and oxygen atoms in total. The summed E-state index contributed by atoms with van der Waals surface area (Å²) < 4.78 is 15.1. The van der Waals surface area contributed by atoms with E-state index in [-0.39, 0.29) is 23.6 Å². The lowest BCUT2D eigenvalue weighted by molar-refractivity contribution is -0.116. The first-order valence-corrected chi connectivity index (χ1v) is 7.55. The van der Waals surface area contributed by atoms with E-state index >= 15 is 0 Å². The number of hydrogen-bond acceptors (Lipinski definition) is 3. The number of carbonyl (C=O) groups is 1. The van der Waals surface area contributed by atoms with Crippen LogP contribution < -0.4 is 10.7 Å². The van der Waals surface area contributed by atoms with Gasteiger partial charge >= 0.3 is 0 Å². The number of halogens is 1. The molecule has 6 heteroatoms. The number of aromatic nitrogens is 2. The minimum Gasteiger partial charge on any atom is -0.326 e. The molecule has 3 aromatic rings. The predicted octanol–water partition coefficient (Wildman–Crippen LogP) is 2.87. The van der Waals surface area contributed by atoms with Crippen molar-refractivity contribution in [1.82, 2.24) is 9.78 Å². The van der Waals surface area contributed by atoms with Crippen molar-refractivity contribution in [3.63, 3.8) is 0 Å². The third kappa shape index (κ3) is 3.32. The Kier molecular flexibility index (Phi) is 4.37. The topological polar surface area (TPSA) is 64.0 Å². The number of anilines is 1. The van der Waals surface area contributed by atoms with E-state index in [0.717, 1.165) is 0 Å². The Bertz CT molecular complexity index is 966. The summed E-state index contributed by atoms with van der Waals surface area (Å²) in [4.78, 5) is 23.8. The zero-order chi connectivity index (χ0) is 17.1. The van der Waals surface area contributed by atoms with Crippen molar-refractivity contribution in [3.05, 3.63) is 70.3 Å². The monoisotopic (exact) mass is 325 g/mol. The number of aryl methyl sites for hydroxylation is 2. The molecule has 24 heavy (non-hydrogen) atoms. The molecular formula is C18H16FN3O2. The van der Waals surface area contributed by atoms with E-state index in [4.69, 9.17) is 0 Å². The largest absolute Gasteiger partial charge is 0.326 e. The molecule has 1 heterocycles. The lowest BCUT2D eigenvalue weighted by Crippen LogP contribution is -2.18. The van der Waals surface area contributed by atoms with Gasteiger partial charge in [0, 0.05) is 17.5 Å². The lowest BCUT2D eigenvalue weighted by atomic mass is 10.2. The molecule has 0 radical (unpaired) electrons. The molecule has 1 amide bonds. The summed E-state index contributed by atoms with van der Waals surface area (Å²) in [5.41, 5.74) is 1.47. The molecule has 2 aromatic carbocycles. The molecule has 1 aromatic heterocycles. The first-order chi connectivity index (χ1) is 11.5. The van der Waals surface area contributed by atoms with Crippen LogP contribution in [0, 0.1) is 12.7 Å². The van der Waals surface area contributed by atoms with Gasteiger partial charge in [0.2, 0.25) is 11.3 Å². The van der Waals surface area contributed by atoms with Gasteiger partial charge in [-0.1, -0.05) is 18.2 Å². The molecule has 0 saturated heterocycles. The van der Waals surface area contributed by atoms with E-state index in [1.165, 1.54) is 12.3 Å². The molecule has 1 N–H and O–H groups in total. The summed E-state index contributed by atoms with van der Waals surface area (Å²) >= 11 is 0. The second kappa shape index (κ2) is 6.62. The first kappa shape index (κ1) is 15.9. The maximum atomic E-state index is 13.5. The number of para-hydroxylation sites is 1. The number of amides is 1. The average molecular weight is 325 g/mol. The predicted molar refractivity (Wildman–Crippen MR) is 90.4 cm³/mol. The molecule has 0 aliphatic carbocycles. The molecule has 0 aliphatic heterocycles. The molecule has 122 valence electrons. The minimum absolute atomic E-state index is 0.151. The van der Waals surface area contributed by atoms with Gasteiger partial charge in [-0.25, -0.2) is 4.39 Å². The Morgan fingerprint density at radius 2 is 2.04 bits per heavy atom. The second-order valence-corrected chi connectivity index (χ2v) is 5.51. The maximum absolute atomic E-state index is 13.5. The number of fused-ring (bicyclic) bond motifs is 1. The SMILES string of the molecule is Cc1ccc(NC(=O)CCn2ncc(=O)c3ccccc32)cc1F. The second-order valence-electron chi connectivity index (χ2n) is 5.51. The van der Waals surface area contributed by atoms with Gasteiger partial charge in [0.05, 0.1) is 18.3 Å². The Balaban J connectivity index is 1.72. The molecule has 3 rings (SSSR count). The van der Waals surface area contributed by atoms with Crippen molar-refractivity contribution in [3.8, 4) is 0 Å². The van der Waals surface area contributed by atoms with E-state index in [1.807, 2.05) is 6.07 Å². The van der Waals surface area contributed by atoms with Crippen LogP contribution in [0.1, 0.15) is 12.0 Å². The van der Waals surface area contributed by atoms with Gasteiger partial charge < -0.3 is 5.32 Å². The van der Waals surface area contributed by atoms with Gasteiger partial charge in [-0.15, -0.1) is 0 Å². The van der Waals surface area contributed by atoms with Crippen LogP contribution in [-0.4, -0.2) is 15.7 Å². The van der Waals surface area contributed by atoms with Crippen molar-refractivity contribution in [1.29, 1.82) is 0 Å². The Morgan fingerprint density at radius 1 is 1.25 bits per heavy atom. The van der Waals surface area contributed by atoms with E-state index < -0.39 is 0 Å². The Hall–Kier alpha value is -3.02. The van der Waals surface area contributed by atoms with Crippen molar-refractivity contribution >= 4 is 22.5 Å². The van der Waals surface area contributed by atoms with Crippen LogP contribution in [-0.2, 0) is 11.3 Å². The third-order valence-corrected chi connectivity index (χ3v) is 3.77. The standard InChI is InChI=1S/C18H16FN3O2/c1-12-6-7-13(10-15(12)19)21-18(24)8-9-22-16-5-3-2-4-14(16)17(23)11-20-22/h2-7,10-11H,8-9H2,1H3,(H,21,24). The zero-order valence-corrected chi connectivity index (χ0v) is 13.1. The van der Waals surface area contributed by atoms with E-state index in [0.29, 0.717) is 28.7 Å². The highest BCUT2D eigenvalue weighted by Gasteiger charge is 2.08. The fraction of sp³-hybridized carbons (Fsp3) is 0.167. The van der Waals surface area contributed by atoms with Crippen LogP contribution in [0.4, 0.5) is 10.1 Å². The number of rotatable bonds is 4.